The maximum Gasteiger partial charge on any atom is 0.303 e. The summed E-state index contributed by atoms with van der Waals surface area (Å²) in [4.78, 5) is 20.5. The Hall–Kier alpha value is -1.14. The van der Waals surface area contributed by atoms with E-state index >= 15 is 0 Å². The maximum atomic E-state index is 10.5. The van der Waals surface area contributed by atoms with Gasteiger partial charge in [-0.3, -0.25) is 9.59 Å². The summed E-state index contributed by atoms with van der Waals surface area (Å²) in [5.74, 6) is -1.52. The Labute approximate surface area is 69.4 Å². The van der Waals surface area contributed by atoms with Crippen molar-refractivity contribution in [3.05, 3.63) is 0 Å². The summed E-state index contributed by atoms with van der Waals surface area (Å²) >= 11 is 0. The van der Waals surface area contributed by atoms with Gasteiger partial charge < -0.3 is 21.3 Å². The summed E-state index contributed by atoms with van der Waals surface area (Å²) in [6.45, 7) is -0.218. The number of carboxylic acid groups (broad SMARTS) is 1. The molecule has 0 rings (SSSR count). The van der Waals surface area contributed by atoms with Crippen molar-refractivity contribution in [3.8, 4) is 0 Å². The minimum atomic E-state index is -1.13. The van der Waals surface area contributed by atoms with Gasteiger partial charge >= 0.3 is 5.97 Å². The molecule has 0 spiro atoms. The molecule has 1 atom stereocenters. The molecule has 0 fully saturated rings. The van der Waals surface area contributed by atoms with E-state index in [4.69, 9.17) is 15.9 Å². The molecule has 0 saturated carbocycles. The van der Waals surface area contributed by atoms with Gasteiger partial charge in [0.2, 0.25) is 5.91 Å². The van der Waals surface area contributed by atoms with Crippen molar-refractivity contribution in [2.45, 2.75) is 19.1 Å². The van der Waals surface area contributed by atoms with Gasteiger partial charge in [-0.15, -0.1) is 0 Å². The number of rotatable bonds is 5. The number of nitrogens with two attached hydrogens (primary N) is 1. The normalized spacial score (nSPS) is 12.2. The molecule has 1 amide bonds. The van der Waals surface area contributed by atoms with Crippen LogP contribution < -0.4 is 11.1 Å². The molecule has 0 aromatic carbocycles. The summed E-state index contributed by atoms with van der Waals surface area (Å²) in [5.41, 5.74) is 4.94. The first kappa shape index (κ1) is 10.9. The van der Waals surface area contributed by atoms with E-state index in [1.54, 1.807) is 0 Å². The van der Waals surface area contributed by atoms with Crippen LogP contribution in [-0.2, 0) is 9.59 Å². The van der Waals surface area contributed by atoms with E-state index in [0.717, 1.165) is 0 Å². The van der Waals surface area contributed by atoms with Crippen LogP contribution in [0.2, 0.25) is 0 Å². The maximum absolute atomic E-state index is 10.5. The van der Waals surface area contributed by atoms with E-state index in [2.05, 4.69) is 5.32 Å². The Kier molecular flexibility index (Phi) is 4.98. The first-order valence-corrected chi connectivity index (χ1v) is 3.45. The molecule has 6 heteroatoms. The first-order chi connectivity index (χ1) is 5.56. The SMILES string of the molecule is NCC(=O)NC(O)CCC(=O)O. The van der Waals surface area contributed by atoms with Crippen molar-refractivity contribution in [1.82, 2.24) is 5.32 Å². The van der Waals surface area contributed by atoms with Crippen LogP contribution in [-0.4, -0.2) is 34.9 Å². The van der Waals surface area contributed by atoms with Crippen molar-refractivity contribution < 1.29 is 19.8 Å². The topological polar surface area (TPSA) is 113 Å². The van der Waals surface area contributed by atoms with Crippen LogP contribution in [0.15, 0.2) is 0 Å². The Balaban J connectivity index is 3.52. The molecule has 70 valence electrons. The fourth-order valence-electron chi connectivity index (χ4n) is 0.577. The Bertz CT molecular complexity index is 171. The number of carbonyl (C=O) groups excluding carboxylic acids is 1. The number of aliphatic hydroxyl groups excluding tert-OH is 1. The zero-order chi connectivity index (χ0) is 9.56. The molecule has 0 aliphatic rings. The summed E-state index contributed by atoms with van der Waals surface area (Å²) in [6, 6.07) is 0. The van der Waals surface area contributed by atoms with Gasteiger partial charge in [-0.25, -0.2) is 0 Å². The highest BCUT2D eigenvalue weighted by atomic mass is 16.4. The van der Waals surface area contributed by atoms with E-state index in [1.165, 1.54) is 0 Å². The third-order valence-electron chi connectivity index (χ3n) is 1.14. The van der Waals surface area contributed by atoms with Gasteiger partial charge in [-0.05, 0) is 0 Å². The van der Waals surface area contributed by atoms with E-state index < -0.39 is 18.1 Å². The van der Waals surface area contributed by atoms with Gasteiger partial charge in [0.05, 0.1) is 6.54 Å². The van der Waals surface area contributed by atoms with Crippen LogP contribution >= 0.6 is 0 Å². The highest BCUT2D eigenvalue weighted by Gasteiger charge is 2.08. The highest BCUT2D eigenvalue weighted by molar-refractivity contribution is 5.77. The molecule has 0 aromatic heterocycles. The number of aliphatic hydroxyl groups is 1. The summed E-state index contributed by atoms with van der Waals surface area (Å²) < 4.78 is 0. The summed E-state index contributed by atoms with van der Waals surface area (Å²) in [5, 5.41) is 19.3. The molecule has 0 aliphatic carbocycles. The van der Waals surface area contributed by atoms with Gasteiger partial charge in [0.1, 0.15) is 6.23 Å². The molecule has 5 N–H and O–H groups in total. The van der Waals surface area contributed by atoms with E-state index in [-0.39, 0.29) is 19.4 Å². The average Bonchev–Trinajstić information content (AvgIpc) is 2.00. The lowest BCUT2D eigenvalue weighted by molar-refractivity contribution is -0.138. The van der Waals surface area contributed by atoms with Crippen molar-refractivity contribution >= 4 is 11.9 Å². The molecule has 6 nitrogen and oxygen atoms in total. The third kappa shape index (κ3) is 5.63. The second kappa shape index (κ2) is 5.50. The lowest BCUT2D eigenvalue weighted by atomic mass is 10.3. The molecular weight excluding hydrogens is 164 g/mol. The second-order valence-electron chi connectivity index (χ2n) is 2.22. The third-order valence-corrected chi connectivity index (χ3v) is 1.14. The van der Waals surface area contributed by atoms with Gasteiger partial charge in [0, 0.05) is 12.8 Å². The number of carbonyl (C=O) groups is 2. The molecule has 0 aliphatic heterocycles. The molecule has 0 radical (unpaired) electrons. The van der Waals surface area contributed by atoms with Crippen molar-refractivity contribution in [2.75, 3.05) is 6.54 Å². The van der Waals surface area contributed by atoms with Crippen LogP contribution in [0.25, 0.3) is 0 Å². The number of amides is 1. The standard InChI is InChI=1S/C6H12N2O4/c7-3-5(10)8-4(9)1-2-6(11)12/h4,9H,1-3,7H2,(H,8,10)(H,11,12). The molecule has 1 unspecified atom stereocenters. The average molecular weight is 176 g/mol. The lowest BCUT2D eigenvalue weighted by Crippen LogP contribution is -2.38. The van der Waals surface area contributed by atoms with E-state index in [1.807, 2.05) is 0 Å². The minimum Gasteiger partial charge on any atom is -0.481 e. The monoisotopic (exact) mass is 176 g/mol. The number of hydrogen-bond acceptors (Lipinski definition) is 4. The van der Waals surface area contributed by atoms with Crippen molar-refractivity contribution in [1.29, 1.82) is 0 Å². The molecule has 0 saturated heterocycles. The Morgan fingerprint density at radius 3 is 2.50 bits per heavy atom. The van der Waals surface area contributed by atoms with E-state index in [9.17, 15) is 9.59 Å². The minimum absolute atomic E-state index is 0.0128. The quantitative estimate of drug-likeness (QED) is 0.371. The van der Waals surface area contributed by atoms with Crippen LogP contribution in [0.3, 0.4) is 0 Å². The van der Waals surface area contributed by atoms with Gasteiger partial charge in [0.15, 0.2) is 0 Å². The second-order valence-corrected chi connectivity index (χ2v) is 2.22. The Morgan fingerprint density at radius 2 is 2.08 bits per heavy atom. The van der Waals surface area contributed by atoms with Gasteiger partial charge in [-0.2, -0.15) is 0 Å². The predicted molar refractivity (Wildman–Crippen MR) is 40.1 cm³/mol. The predicted octanol–water partition coefficient (Wildman–Crippen LogP) is -1.76. The van der Waals surface area contributed by atoms with E-state index in [0.29, 0.717) is 0 Å². The summed E-state index contributed by atoms with van der Waals surface area (Å²) in [6.07, 6.45) is -1.33. The highest BCUT2D eigenvalue weighted by Crippen LogP contribution is 1.92. The molecular formula is C6H12N2O4. The fraction of sp³-hybridized carbons (Fsp3) is 0.667. The molecule has 0 bridgehead atoms. The van der Waals surface area contributed by atoms with Crippen LogP contribution in [0.1, 0.15) is 12.8 Å². The summed E-state index contributed by atoms with van der Waals surface area (Å²) in [7, 11) is 0. The van der Waals surface area contributed by atoms with Crippen molar-refractivity contribution in [3.63, 3.8) is 0 Å². The molecule has 0 aromatic rings. The van der Waals surface area contributed by atoms with Crippen molar-refractivity contribution in [2.24, 2.45) is 5.73 Å². The molecule has 0 heterocycles. The molecule has 12 heavy (non-hydrogen) atoms. The first-order valence-electron chi connectivity index (χ1n) is 3.45. The zero-order valence-corrected chi connectivity index (χ0v) is 6.49. The van der Waals surface area contributed by atoms with Crippen LogP contribution in [0.4, 0.5) is 0 Å². The van der Waals surface area contributed by atoms with Crippen LogP contribution in [0.5, 0.6) is 0 Å². The number of hydrogen-bond donors (Lipinski definition) is 4. The lowest BCUT2D eigenvalue weighted by Gasteiger charge is -2.09. The Morgan fingerprint density at radius 1 is 1.50 bits per heavy atom. The zero-order valence-electron chi connectivity index (χ0n) is 6.49. The number of carboxylic acids is 1. The van der Waals surface area contributed by atoms with Gasteiger partial charge in [-0.1, -0.05) is 0 Å². The number of nitrogens with one attached hydrogen (secondary N) is 1. The number of aliphatic carboxylic acids is 1. The largest absolute Gasteiger partial charge is 0.481 e. The van der Waals surface area contributed by atoms with Crippen LogP contribution in [0, 0.1) is 0 Å². The smallest absolute Gasteiger partial charge is 0.303 e. The fourth-order valence-corrected chi connectivity index (χ4v) is 0.577. The van der Waals surface area contributed by atoms with Gasteiger partial charge in [0.25, 0.3) is 0 Å².